The van der Waals surface area contributed by atoms with Gasteiger partial charge in [-0.25, -0.2) is 4.39 Å². The van der Waals surface area contributed by atoms with Gasteiger partial charge in [0.2, 0.25) is 11.8 Å². The van der Waals surface area contributed by atoms with Crippen molar-refractivity contribution in [3.05, 3.63) is 106 Å². The van der Waals surface area contributed by atoms with Crippen LogP contribution in [-0.2, 0) is 28.3 Å². The number of aryl methyl sites for hydroxylation is 2. The highest BCUT2D eigenvalue weighted by Crippen LogP contribution is 2.20. The van der Waals surface area contributed by atoms with Crippen molar-refractivity contribution in [3.63, 3.8) is 0 Å². The van der Waals surface area contributed by atoms with Gasteiger partial charge in [-0.3, -0.25) is 9.59 Å². The lowest BCUT2D eigenvalue weighted by Crippen LogP contribution is -2.52. The smallest absolute Gasteiger partial charge is 0.243 e. The SMILES string of the molecule is Cc1cc(C)cc(CSCC(=O)N(Cc2ccc(F)cc2)[C@H](Cc2ccccc2)C(=O)NC(C)C)c1. The normalized spacial score (nSPS) is 11.8. The number of thioether (sulfide) groups is 1. The fourth-order valence-corrected chi connectivity index (χ4v) is 5.06. The third kappa shape index (κ3) is 8.52. The molecule has 0 spiro atoms. The number of hydrogen-bond donors (Lipinski definition) is 1. The molecule has 3 aromatic carbocycles. The monoisotopic (exact) mass is 506 g/mol. The van der Waals surface area contributed by atoms with E-state index in [2.05, 4.69) is 37.4 Å². The fourth-order valence-electron chi connectivity index (χ4n) is 4.21. The molecule has 1 atom stereocenters. The molecular formula is C30H35FN2O2S. The molecular weight excluding hydrogens is 471 g/mol. The maximum atomic E-state index is 13.6. The summed E-state index contributed by atoms with van der Waals surface area (Å²) in [4.78, 5) is 28.6. The zero-order valence-corrected chi connectivity index (χ0v) is 22.3. The average molecular weight is 507 g/mol. The second kappa shape index (κ2) is 13.3. The van der Waals surface area contributed by atoms with Crippen LogP contribution in [0.4, 0.5) is 4.39 Å². The van der Waals surface area contributed by atoms with Gasteiger partial charge in [0.25, 0.3) is 0 Å². The van der Waals surface area contributed by atoms with Gasteiger partial charge in [0, 0.05) is 24.8 Å². The fraction of sp³-hybridized carbons (Fsp3) is 0.333. The molecule has 0 bridgehead atoms. The lowest BCUT2D eigenvalue weighted by Gasteiger charge is -2.32. The summed E-state index contributed by atoms with van der Waals surface area (Å²) in [5.41, 5.74) is 5.32. The number of benzene rings is 3. The first-order chi connectivity index (χ1) is 17.2. The number of nitrogens with zero attached hydrogens (tertiary/aromatic N) is 1. The Morgan fingerprint density at radius 3 is 2.14 bits per heavy atom. The summed E-state index contributed by atoms with van der Waals surface area (Å²) in [6.45, 7) is 8.18. The van der Waals surface area contributed by atoms with E-state index < -0.39 is 6.04 Å². The highest BCUT2D eigenvalue weighted by atomic mass is 32.2. The molecule has 0 saturated heterocycles. The van der Waals surface area contributed by atoms with Gasteiger partial charge in [-0.1, -0.05) is 71.8 Å². The molecule has 0 fully saturated rings. The Kier molecular flexibility index (Phi) is 10.1. The predicted molar refractivity (Wildman–Crippen MR) is 146 cm³/mol. The van der Waals surface area contributed by atoms with Crippen LogP contribution in [-0.4, -0.2) is 34.6 Å². The third-order valence-electron chi connectivity index (χ3n) is 5.74. The first-order valence-corrected chi connectivity index (χ1v) is 13.4. The summed E-state index contributed by atoms with van der Waals surface area (Å²) in [5.74, 6) is 0.311. The Balaban J connectivity index is 1.84. The molecule has 0 aromatic heterocycles. The number of carbonyl (C=O) groups excluding carboxylic acids is 2. The first-order valence-electron chi connectivity index (χ1n) is 12.2. The number of nitrogens with one attached hydrogen (secondary N) is 1. The number of hydrogen-bond acceptors (Lipinski definition) is 3. The van der Waals surface area contributed by atoms with Gasteiger partial charge < -0.3 is 10.2 Å². The van der Waals surface area contributed by atoms with E-state index in [1.54, 1.807) is 17.0 Å². The second-order valence-electron chi connectivity index (χ2n) is 9.51. The van der Waals surface area contributed by atoms with E-state index in [1.165, 1.54) is 40.6 Å². The van der Waals surface area contributed by atoms with Gasteiger partial charge in [0.05, 0.1) is 5.75 Å². The van der Waals surface area contributed by atoms with E-state index in [0.717, 1.165) is 11.1 Å². The molecule has 0 heterocycles. The van der Waals surface area contributed by atoms with Crippen LogP contribution in [0.15, 0.2) is 72.8 Å². The van der Waals surface area contributed by atoms with E-state index >= 15 is 0 Å². The van der Waals surface area contributed by atoms with E-state index in [4.69, 9.17) is 0 Å². The summed E-state index contributed by atoms with van der Waals surface area (Å²) in [7, 11) is 0. The molecule has 3 aromatic rings. The van der Waals surface area contributed by atoms with E-state index in [-0.39, 0.29) is 36.0 Å². The van der Waals surface area contributed by atoms with Gasteiger partial charge in [-0.05, 0) is 56.5 Å². The first kappa shape index (κ1) is 27.5. The molecule has 4 nitrogen and oxygen atoms in total. The van der Waals surface area contributed by atoms with Gasteiger partial charge in [0.15, 0.2) is 0 Å². The molecule has 0 aliphatic carbocycles. The molecule has 0 aliphatic rings. The van der Waals surface area contributed by atoms with Crippen molar-refractivity contribution in [2.45, 2.75) is 58.5 Å². The summed E-state index contributed by atoms with van der Waals surface area (Å²) >= 11 is 1.54. The van der Waals surface area contributed by atoms with Crippen molar-refractivity contribution in [1.82, 2.24) is 10.2 Å². The lowest BCUT2D eigenvalue weighted by atomic mass is 10.0. The average Bonchev–Trinajstić information content (AvgIpc) is 2.82. The molecule has 6 heteroatoms. The van der Waals surface area contributed by atoms with Crippen molar-refractivity contribution in [1.29, 1.82) is 0 Å². The molecule has 1 N–H and O–H groups in total. The Hall–Kier alpha value is -3.12. The summed E-state index contributed by atoms with van der Waals surface area (Å²) < 4.78 is 13.5. The highest BCUT2D eigenvalue weighted by Gasteiger charge is 2.30. The molecule has 2 amide bonds. The summed E-state index contributed by atoms with van der Waals surface area (Å²) in [6, 6.07) is 21.5. The number of halogens is 1. The van der Waals surface area contributed by atoms with Crippen LogP contribution < -0.4 is 5.32 Å². The predicted octanol–water partition coefficient (Wildman–Crippen LogP) is 5.84. The van der Waals surface area contributed by atoms with Gasteiger partial charge in [0.1, 0.15) is 11.9 Å². The standard InChI is InChI=1S/C30H35FN2O2S/c1-21(2)32-30(35)28(17-24-8-6-5-7-9-24)33(18-25-10-12-27(31)13-11-25)29(34)20-36-19-26-15-22(3)14-23(4)16-26/h5-16,21,28H,17-20H2,1-4H3,(H,32,35)/t28-/m1/s1. The minimum atomic E-state index is -0.686. The van der Waals surface area contributed by atoms with Gasteiger partial charge in [-0.15, -0.1) is 11.8 Å². The Morgan fingerprint density at radius 1 is 0.889 bits per heavy atom. The number of amides is 2. The number of rotatable bonds is 11. The Morgan fingerprint density at radius 2 is 1.53 bits per heavy atom. The summed E-state index contributed by atoms with van der Waals surface area (Å²) in [6.07, 6.45) is 0.397. The maximum Gasteiger partial charge on any atom is 0.243 e. The molecule has 0 aliphatic heterocycles. The summed E-state index contributed by atoms with van der Waals surface area (Å²) in [5, 5.41) is 2.99. The molecule has 0 unspecified atom stereocenters. The van der Waals surface area contributed by atoms with Crippen molar-refractivity contribution in [2.75, 3.05) is 5.75 Å². The lowest BCUT2D eigenvalue weighted by molar-refractivity contribution is -0.139. The quantitative estimate of drug-likeness (QED) is 0.355. The third-order valence-corrected chi connectivity index (χ3v) is 6.73. The van der Waals surface area contributed by atoms with Crippen LogP contribution >= 0.6 is 11.8 Å². The maximum absolute atomic E-state index is 13.6. The van der Waals surface area contributed by atoms with Crippen LogP contribution in [0.5, 0.6) is 0 Å². The Bertz CT molecular complexity index is 1130. The van der Waals surface area contributed by atoms with Crippen LogP contribution in [0.2, 0.25) is 0 Å². The minimum Gasteiger partial charge on any atom is -0.352 e. The molecule has 190 valence electrons. The largest absolute Gasteiger partial charge is 0.352 e. The van der Waals surface area contributed by atoms with Crippen LogP contribution in [0.25, 0.3) is 0 Å². The van der Waals surface area contributed by atoms with E-state index in [1.807, 2.05) is 44.2 Å². The van der Waals surface area contributed by atoms with Crippen molar-refractivity contribution >= 4 is 23.6 Å². The van der Waals surface area contributed by atoms with Gasteiger partial charge in [-0.2, -0.15) is 0 Å². The van der Waals surface area contributed by atoms with Crippen LogP contribution in [0, 0.1) is 19.7 Å². The van der Waals surface area contributed by atoms with Crippen molar-refractivity contribution in [2.24, 2.45) is 0 Å². The zero-order valence-electron chi connectivity index (χ0n) is 21.5. The minimum absolute atomic E-state index is 0.0579. The zero-order chi connectivity index (χ0) is 26.1. The van der Waals surface area contributed by atoms with Crippen LogP contribution in [0.1, 0.15) is 41.7 Å². The van der Waals surface area contributed by atoms with E-state index in [9.17, 15) is 14.0 Å². The molecule has 36 heavy (non-hydrogen) atoms. The molecule has 3 rings (SSSR count). The highest BCUT2D eigenvalue weighted by molar-refractivity contribution is 7.99. The number of carbonyl (C=O) groups is 2. The van der Waals surface area contributed by atoms with Crippen LogP contribution in [0.3, 0.4) is 0 Å². The van der Waals surface area contributed by atoms with Crippen molar-refractivity contribution in [3.8, 4) is 0 Å². The Labute approximate surface area is 218 Å². The molecule has 0 saturated carbocycles. The van der Waals surface area contributed by atoms with Gasteiger partial charge >= 0.3 is 0 Å². The molecule has 0 radical (unpaired) electrons. The topological polar surface area (TPSA) is 49.4 Å². The van der Waals surface area contributed by atoms with Crippen molar-refractivity contribution < 1.29 is 14.0 Å². The second-order valence-corrected chi connectivity index (χ2v) is 10.5. The van der Waals surface area contributed by atoms with E-state index in [0.29, 0.717) is 12.2 Å².